The number of rotatable bonds is 5. The molecule has 2 fully saturated rings. The number of epoxide rings is 1. The third-order valence-corrected chi connectivity index (χ3v) is 3.79. The standard InChI is InChI=1S/C12H17F2NO4/c1-11(6-19-11)9(16)8(15-10(17)18)4-7-2-3-12(13,14)5-7/h7-8,15H,2-6H2,1H3,(H,17,18)/t7?,8-,11+/m0/s1. The lowest BCUT2D eigenvalue weighted by molar-refractivity contribution is -0.126. The fraction of sp³-hybridized carbons (Fsp3) is 0.833. The maximum absolute atomic E-state index is 13.1. The van der Waals surface area contributed by atoms with Crippen molar-refractivity contribution < 1.29 is 28.2 Å². The number of halogens is 2. The van der Waals surface area contributed by atoms with E-state index >= 15 is 0 Å². The van der Waals surface area contributed by atoms with Crippen molar-refractivity contribution in [2.24, 2.45) is 5.92 Å². The number of ether oxygens (including phenoxy) is 1. The van der Waals surface area contributed by atoms with Crippen LogP contribution in [0.1, 0.15) is 32.6 Å². The van der Waals surface area contributed by atoms with Crippen LogP contribution in [-0.4, -0.2) is 41.2 Å². The fourth-order valence-corrected chi connectivity index (χ4v) is 2.58. The second-order valence-corrected chi connectivity index (χ2v) is 5.59. The zero-order valence-corrected chi connectivity index (χ0v) is 10.6. The van der Waals surface area contributed by atoms with Crippen molar-refractivity contribution in [2.75, 3.05) is 6.61 Å². The van der Waals surface area contributed by atoms with Crippen LogP contribution in [-0.2, 0) is 9.53 Å². The highest BCUT2D eigenvalue weighted by molar-refractivity contribution is 5.95. The number of hydrogen-bond acceptors (Lipinski definition) is 3. The molecule has 0 aromatic heterocycles. The summed E-state index contributed by atoms with van der Waals surface area (Å²) in [6.45, 7) is 1.83. The van der Waals surface area contributed by atoms with Gasteiger partial charge in [-0.05, 0) is 25.7 Å². The number of amides is 1. The van der Waals surface area contributed by atoms with Crippen LogP contribution in [0.4, 0.5) is 13.6 Å². The number of nitrogens with one attached hydrogen (secondary N) is 1. The average Bonchev–Trinajstić information content (AvgIpc) is 2.94. The summed E-state index contributed by atoms with van der Waals surface area (Å²) in [5.41, 5.74) is -0.950. The molecule has 7 heteroatoms. The number of carboxylic acid groups (broad SMARTS) is 1. The van der Waals surface area contributed by atoms with Crippen LogP contribution >= 0.6 is 0 Å². The van der Waals surface area contributed by atoms with Gasteiger partial charge in [0.25, 0.3) is 0 Å². The molecule has 0 spiro atoms. The Morgan fingerprint density at radius 1 is 1.53 bits per heavy atom. The number of hydrogen-bond donors (Lipinski definition) is 2. The zero-order chi connectivity index (χ0) is 14.3. The molecule has 1 amide bonds. The summed E-state index contributed by atoms with van der Waals surface area (Å²) in [5, 5.41) is 10.9. The van der Waals surface area contributed by atoms with Gasteiger partial charge in [-0.2, -0.15) is 0 Å². The monoisotopic (exact) mass is 277 g/mol. The molecule has 3 atom stereocenters. The highest BCUT2D eigenvalue weighted by Gasteiger charge is 2.51. The van der Waals surface area contributed by atoms with Crippen molar-refractivity contribution in [1.29, 1.82) is 0 Å². The van der Waals surface area contributed by atoms with Crippen LogP contribution in [0.2, 0.25) is 0 Å². The Kier molecular flexibility index (Phi) is 3.51. The quantitative estimate of drug-likeness (QED) is 0.751. The summed E-state index contributed by atoms with van der Waals surface area (Å²) in [7, 11) is 0. The molecule has 1 aliphatic carbocycles. The molecule has 2 rings (SSSR count). The molecule has 1 saturated heterocycles. The largest absolute Gasteiger partial charge is 0.465 e. The first kappa shape index (κ1) is 14.2. The molecule has 1 aliphatic heterocycles. The predicted molar refractivity (Wildman–Crippen MR) is 61.2 cm³/mol. The Hall–Kier alpha value is -1.24. The van der Waals surface area contributed by atoms with Crippen molar-refractivity contribution in [1.82, 2.24) is 5.32 Å². The van der Waals surface area contributed by atoms with Gasteiger partial charge in [-0.25, -0.2) is 13.6 Å². The van der Waals surface area contributed by atoms with E-state index in [1.54, 1.807) is 6.92 Å². The minimum Gasteiger partial charge on any atom is -0.465 e. The molecule has 5 nitrogen and oxygen atoms in total. The van der Waals surface area contributed by atoms with Crippen molar-refractivity contribution in [3.8, 4) is 0 Å². The fourth-order valence-electron chi connectivity index (χ4n) is 2.58. The average molecular weight is 277 g/mol. The molecule has 0 radical (unpaired) electrons. The minimum atomic E-state index is -2.69. The van der Waals surface area contributed by atoms with Gasteiger partial charge in [-0.3, -0.25) is 4.79 Å². The third-order valence-electron chi connectivity index (χ3n) is 3.79. The molecule has 19 heavy (non-hydrogen) atoms. The molecule has 2 N–H and O–H groups in total. The molecular weight excluding hydrogens is 260 g/mol. The van der Waals surface area contributed by atoms with Crippen molar-refractivity contribution in [3.05, 3.63) is 0 Å². The number of ketones is 1. The maximum atomic E-state index is 13.1. The van der Waals surface area contributed by atoms with Crippen molar-refractivity contribution >= 4 is 11.9 Å². The molecule has 0 aromatic rings. The van der Waals surface area contributed by atoms with Gasteiger partial charge in [0, 0.05) is 12.8 Å². The topological polar surface area (TPSA) is 78.9 Å². The van der Waals surface area contributed by atoms with Gasteiger partial charge in [0.15, 0.2) is 5.78 Å². The predicted octanol–water partition coefficient (Wildman–Crippen LogP) is 1.81. The van der Waals surface area contributed by atoms with Gasteiger partial charge in [0.05, 0.1) is 12.6 Å². The third kappa shape index (κ3) is 3.40. The Balaban J connectivity index is 1.98. The Bertz CT molecular complexity index is 395. The van der Waals surface area contributed by atoms with Gasteiger partial charge in [-0.1, -0.05) is 0 Å². The molecule has 2 aliphatic rings. The van der Waals surface area contributed by atoms with Crippen molar-refractivity contribution in [2.45, 2.75) is 50.2 Å². The molecule has 1 heterocycles. The second kappa shape index (κ2) is 4.70. The lowest BCUT2D eigenvalue weighted by Gasteiger charge is -2.21. The Labute approximate surface area is 109 Å². The van der Waals surface area contributed by atoms with Crippen LogP contribution in [0, 0.1) is 5.92 Å². The number of alkyl halides is 2. The van der Waals surface area contributed by atoms with E-state index in [0.29, 0.717) is 6.42 Å². The first-order chi connectivity index (χ1) is 8.72. The second-order valence-electron chi connectivity index (χ2n) is 5.59. The van der Waals surface area contributed by atoms with Crippen molar-refractivity contribution in [3.63, 3.8) is 0 Å². The lowest BCUT2D eigenvalue weighted by atomic mass is 9.91. The van der Waals surface area contributed by atoms with Gasteiger partial charge in [0.1, 0.15) is 5.60 Å². The van der Waals surface area contributed by atoms with Gasteiger partial charge >= 0.3 is 6.09 Å². The van der Waals surface area contributed by atoms with Gasteiger partial charge < -0.3 is 15.2 Å². The smallest absolute Gasteiger partial charge is 0.405 e. The highest BCUT2D eigenvalue weighted by atomic mass is 19.3. The summed E-state index contributed by atoms with van der Waals surface area (Å²) in [5.74, 6) is -3.40. The number of carbonyl (C=O) groups is 2. The molecule has 0 aromatic carbocycles. The van der Waals surface area contributed by atoms with Crippen LogP contribution in [0.5, 0.6) is 0 Å². The first-order valence-corrected chi connectivity index (χ1v) is 6.27. The number of Topliss-reactive ketones (excluding diaryl/α,β-unsaturated/α-hetero) is 1. The van der Waals surface area contributed by atoms with Crippen LogP contribution < -0.4 is 5.32 Å². The molecule has 0 bridgehead atoms. The Morgan fingerprint density at radius 2 is 2.16 bits per heavy atom. The number of carbonyl (C=O) groups excluding carboxylic acids is 1. The van der Waals surface area contributed by atoms with E-state index in [1.807, 2.05) is 0 Å². The maximum Gasteiger partial charge on any atom is 0.405 e. The summed E-state index contributed by atoms with van der Waals surface area (Å²) < 4.78 is 31.2. The summed E-state index contributed by atoms with van der Waals surface area (Å²) in [6, 6.07) is -0.969. The van der Waals surface area contributed by atoms with Crippen LogP contribution in [0.25, 0.3) is 0 Å². The van der Waals surface area contributed by atoms with Gasteiger partial charge in [0.2, 0.25) is 5.92 Å². The first-order valence-electron chi connectivity index (χ1n) is 6.27. The summed E-state index contributed by atoms with van der Waals surface area (Å²) in [6.07, 6.45) is -1.38. The lowest BCUT2D eigenvalue weighted by Crippen LogP contribution is -2.46. The summed E-state index contributed by atoms with van der Waals surface area (Å²) >= 11 is 0. The van der Waals surface area contributed by atoms with E-state index in [-0.39, 0.29) is 37.6 Å². The summed E-state index contributed by atoms with van der Waals surface area (Å²) in [4.78, 5) is 22.8. The minimum absolute atomic E-state index is 0.111. The van der Waals surface area contributed by atoms with Crippen LogP contribution in [0.15, 0.2) is 0 Å². The normalized spacial score (nSPS) is 33.7. The van der Waals surface area contributed by atoms with E-state index in [1.165, 1.54) is 0 Å². The van der Waals surface area contributed by atoms with E-state index < -0.39 is 23.7 Å². The molecule has 1 saturated carbocycles. The highest BCUT2D eigenvalue weighted by Crippen LogP contribution is 2.41. The van der Waals surface area contributed by atoms with Gasteiger partial charge in [-0.15, -0.1) is 0 Å². The van der Waals surface area contributed by atoms with E-state index in [2.05, 4.69) is 5.32 Å². The molecule has 108 valence electrons. The SMILES string of the molecule is C[C@]1(C(=O)[C@H](CC2CCC(F)(F)C2)NC(=O)O)CO1. The van der Waals surface area contributed by atoms with E-state index in [9.17, 15) is 18.4 Å². The van der Waals surface area contributed by atoms with Crippen LogP contribution in [0.3, 0.4) is 0 Å². The Morgan fingerprint density at radius 3 is 2.58 bits per heavy atom. The molecule has 1 unspecified atom stereocenters. The van der Waals surface area contributed by atoms with E-state index in [4.69, 9.17) is 9.84 Å². The molecular formula is C12H17F2NO4. The van der Waals surface area contributed by atoms with E-state index in [0.717, 1.165) is 0 Å². The zero-order valence-electron chi connectivity index (χ0n) is 10.6.